The molecule has 0 bridgehead atoms. The second-order valence-electron chi connectivity index (χ2n) is 7.98. The molecule has 0 unspecified atom stereocenters. The van der Waals surface area contributed by atoms with E-state index in [1.54, 1.807) is 11.3 Å². The normalized spacial score (nSPS) is 17.8. The van der Waals surface area contributed by atoms with Crippen LogP contribution in [0.2, 0.25) is 0 Å². The number of carbonyl (C=O) groups is 1. The summed E-state index contributed by atoms with van der Waals surface area (Å²) in [7, 11) is 1.84. The number of carbonyl (C=O) groups excluding carboxylic acids is 1. The highest BCUT2D eigenvalue weighted by atomic mass is 127. The molecule has 2 aliphatic heterocycles. The predicted molar refractivity (Wildman–Crippen MR) is 142 cm³/mol. The molecule has 2 saturated heterocycles. The molecule has 32 heavy (non-hydrogen) atoms. The zero-order valence-corrected chi connectivity index (χ0v) is 21.6. The summed E-state index contributed by atoms with van der Waals surface area (Å²) < 4.78 is 0. The number of thiophene rings is 1. The maximum absolute atomic E-state index is 11.5. The molecule has 4 rings (SSSR count). The molecule has 2 aromatic rings. The third kappa shape index (κ3) is 5.83. The van der Waals surface area contributed by atoms with Crippen molar-refractivity contribution in [2.45, 2.75) is 19.4 Å². The monoisotopic (exact) mass is 569 g/mol. The van der Waals surface area contributed by atoms with Crippen LogP contribution < -0.4 is 20.9 Å². The van der Waals surface area contributed by atoms with Gasteiger partial charge in [0.1, 0.15) is 5.82 Å². The quantitative estimate of drug-likeness (QED) is 0.327. The van der Waals surface area contributed by atoms with Gasteiger partial charge in [-0.1, -0.05) is 6.07 Å². The number of pyridine rings is 1. The molecule has 8 nitrogen and oxygen atoms in total. The predicted octanol–water partition coefficient (Wildman–Crippen LogP) is 2.36. The van der Waals surface area contributed by atoms with E-state index < -0.39 is 0 Å². The number of nitrogens with zero attached hydrogens (tertiary/aromatic N) is 5. The molecular formula is C22H32IN7OS. The molecule has 3 N–H and O–H groups in total. The van der Waals surface area contributed by atoms with Crippen LogP contribution in [0.5, 0.6) is 0 Å². The summed E-state index contributed by atoms with van der Waals surface area (Å²) in [5.41, 5.74) is 6.62. The Kier molecular flexibility index (Phi) is 8.97. The Morgan fingerprint density at radius 2 is 1.91 bits per heavy atom. The molecule has 2 fully saturated rings. The molecule has 2 aliphatic rings. The lowest BCUT2D eigenvalue weighted by molar-refractivity contribution is -0.122. The van der Waals surface area contributed by atoms with E-state index in [-0.39, 0.29) is 35.8 Å². The minimum Gasteiger partial charge on any atom is -0.369 e. The number of aliphatic imine (C=N–C) groups is 1. The van der Waals surface area contributed by atoms with Crippen LogP contribution in [0.25, 0.3) is 0 Å². The van der Waals surface area contributed by atoms with E-state index in [1.807, 2.05) is 19.3 Å². The molecule has 4 heterocycles. The number of amides is 1. The minimum atomic E-state index is -0.189. The summed E-state index contributed by atoms with van der Waals surface area (Å²) >= 11 is 1.79. The number of guanidine groups is 1. The number of anilines is 2. The summed E-state index contributed by atoms with van der Waals surface area (Å²) in [5, 5.41) is 7.00. The first-order chi connectivity index (χ1) is 15.2. The van der Waals surface area contributed by atoms with E-state index in [0.717, 1.165) is 69.5 Å². The van der Waals surface area contributed by atoms with Gasteiger partial charge in [0.05, 0.1) is 5.00 Å². The Bertz CT molecular complexity index is 891. The minimum absolute atomic E-state index is 0. The number of hydrogen-bond donors (Lipinski definition) is 2. The van der Waals surface area contributed by atoms with Gasteiger partial charge in [0.15, 0.2) is 5.96 Å². The van der Waals surface area contributed by atoms with Crippen molar-refractivity contribution >= 4 is 58.0 Å². The highest BCUT2D eigenvalue weighted by molar-refractivity contribution is 14.0. The fourth-order valence-corrected chi connectivity index (χ4v) is 5.11. The molecule has 1 amide bonds. The van der Waals surface area contributed by atoms with Gasteiger partial charge in [0.2, 0.25) is 5.91 Å². The number of piperazine rings is 1. The van der Waals surface area contributed by atoms with Crippen molar-refractivity contribution in [3.63, 3.8) is 0 Å². The van der Waals surface area contributed by atoms with Crippen molar-refractivity contribution < 1.29 is 4.79 Å². The van der Waals surface area contributed by atoms with Crippen LogP contribution in [0.1, 0.15) is 18.4 Å². The van der Waals surface area contributed by atoms with E-state index in [4.69, 9.17) is 5.73 Å². The van der Waals surface area contributed by atoms with E-state index in [9.17, 15) is 4.79 Å². The number of nitrogens with one attached hydrogen (secondary N) is 1. The van der Waals surface area contributed by atoms with Crippen molar-refractivity contribution in [1.82, 2.24) is 15.2 Å². The van der Waals surface area contributed by atoms with Crippen LogP contribution in [0.4, 0.5) is 10.8 Å². The molecule has 0 spiro atoms. The number of hydrogen-bond acceptors (Lipinski definition) is 6. The van der Waals surface area contributed by atoms with Gasteiger partial charge in [0, 0.05) is 70.5 Å². The second kappa shape index (κ2) is 11.7. The first kappa shape index (κ1) is 24.6. The smallest absolute Gasteiger partial charge is 0.220 e. The summed E-state index contributed by atoms with van der Waals surface area (Å²) in [6.45, 7) is 6.14. The summed E-state index contributed by atoms with van der Waals surface area (Å²) in [5.74, 6) is 1.70. The highest BCUT2D eigenvalue weighted by Crippen LogP contribution is 2.25. The fraction of sp³-hybridized carbons (Fsp3) is 0.500. The zero-order valence-electron chi connectivity index (χ0n) is 18.4. The molecule has 0 saturated carbocycles. The van der Waals surface area contributed by atoms with Crippen molar-refractivity contribution in [3.8, 4) is 0 Å². The Balaban J connectivity index is 0.00000289. The van der Waals surface area contributed by atoms with E-state index in [1.165, 1.54) is 5.00 Å². The molecule has 0 atom stereocenters. The SMILES string of the molecule is CN=C(NCc1cccnc1N1CCC(C(N)=O)CC1)N1CCN(c2cccs2)CC1.I. The standard InChI is InChI=1S/C22H31N7OS.HI/c1-24-22(29-13-11-27(12-14-29)19-5-3-15-31-19)26-16-18-4-2-8-25-21(18)28-9-6-17(7-10-28)20(23)30;/h2-5,8,15,17H,6-7,9-14,16H2,1H3,(H2,23,30)(H,24,26);1H. The van der Waals surface area contributed by atoms with Gasteiger partial charge in [-0.2, -0.15) is 0 Å². The van der Waals surface area contributed by atoms with Gasteiger partial charge in [-0.05, 0) is 36.4 Å². The van der Waals surface area contributed by atoms with Gasteiger partial charge in [0.25, 0.3) is 0 Å². The topological polar surface area (TPSA) is 90.1 Å². The number of halogens is 1. The molecule has 0 aliphatic carbocycles. The van der Waals surface area contributed by atoms with E-state index in [2.05, 4.69) is 53.6 Å². The summed E-state index contributed by atoms with van der Waals surface area (Å²) in [6.07, 6.45) is 3.40. The largest absolute Gasteiger partial charge is 0.369 e. The maximum atomic E-state index is 11.5. The molecule has 10 heteroatoms. The lowest BCUT2D eigenvalue weighted by Gasteiger charge is -2.37. The van der Waals surface area contributed by atoms with Crippen LogP contribution in [-0.4, -0.2) is 68.1 Å². The van der Waals surface area contributed by atoms with Crippen molar-refractivity contribution in [2.75, 3.05) is 56.1 Å². The lowest BCUT2D eigenvalue weighted by Crippen LogP contribution is -2.52. The van der Waals surface area contributed by atoms with Gasteiger partial charge in [-0.3, -0.25) is 9.79 Å². The first-order valence-electron chi connectivity index (χ1n) is 10.9. The average molecular weight is 570 g/mol. The van der Waals surface area contributed by atoms with Gasteiger partial charge < -0.3 is 25.8 Å². The average Bonchev–Trinajstić information content (AvgIpc) is 3.35. The first-order valence-corrected chi connectivity index (χ1v) is 11.8. The number of nitrogens with two attached hydrogens (primary N) is 1. The van der Waals surface area contributed by atoms with Crippen molar-refractivity contribution in [1.29, 1.82) is 0 Å². The zero-order chi connectivity index (χ0) is 21.6. The van der Waals surface area contributed by atoms with Crippen molar-refractivity contribution in [2.24, 2.45) is 16.6 Å². The van der Waals surface area contributed by atoms with Gasteiger partial charge in [-0.25, -0.2) is 4.98 Å². The van der Waals surface area contributed by atoms with Crippen LogP contribution in [0.15, 0.2) is 40.8 Å². The van der Waals surface area contributed by atoms with E-state index >= 15 is 0 Å². The third-order valence-corrected chi connectivity index (χ3v) is 7.04. The molecule has 0 aromatic carbocycles. The Labute approximate surface area is 210 Å². The van der Waals surface area contributed by atoms with Gasteiger partial charge >= 0.3 is 0 Å². The summed E-state index contributed by atoms with van der Waals surface area (Å²) in [4.78, 5) is 27.6. The number of aromatic nitrogens is 1. The number of piperidine rings is 1. The van der Waals surface area contributed by atoms with Crippen LogP contribution >= 0.6 is 35.3 Å². The van der Waals surface area contributed by atoms with Crippen molar-refractivity contribution in [3.05, 3.63) is 41.4 Å². The fourth-order valence-electron chi connectivity index (χ4n) is 4.32. The molecule has 0 radical (unpaired) electrons. The second-order valence-corrected chi connectivity index (χ2v) is 8.90. The highest BCUT2D eigenvalue weighted by Gasteiger charge is 2.25. The summed E-state index contributed by atoms with van der Waals surface area (Å²) in [6, 6.07) is 8.37. The van der Waals surface area contributed by atoms with Gasteiger partial charge in [-0.15, -0.1) is 35.3 Å². The molecule has 2 aromatic heterocycles. The Hall–Kier alpha value is -2.08. The lowest BCUT2D eigenvalue weighted by atomic mass is 9.96. The van der Waals surface area contributed by atoms with Crippen LogP contribution in [0, 0.1) is 5.92 Å². The molecular weight excluding hydrogens is 537 g/mol. The maximum Gasteiger partial charge on any atom is 0.220 e. The third-order valence-electron chi connectivity index (χ3n) is 6.11. The van der Waals surface area contributed by atoms with Crippen LogP contribution in [-0.2, 0) is 11.3 Å². The molecule has 174 valence electrons. The van der Waals surface area contributed by atoms with E-state index in [0.29, 0.717) is 6.54 Å². The number of rotatable bonds is 5. The Morgan fingerprint density at radius 1 is 1.16 bits per heavy atom. The number of primary amides is 1. The van der Waals surface area contributed by atoms with Crippen LogP contribution in [0.3, 0.4) is 0 Å². The Morgan fingerprint density at radius 3 is 2.53 bits per heavy atom.